The molecule has 0 radical (unpaired) electrons. The molecule has 1 unspecified atom stereocenters. The van der Waals surface area contributed by atoms with Crippen LogP contribution in [0.25, 0.3) is 0 Å². The van der Waals surface area contributed by atoms with Gasteiger partial charge < -0.3 is 29.8 Å². The molecule has 1 aliphatic rings. The van der Waals surface area contributed by atoms with Crippen LogP contribution in [-0.4, -0.2) is 64.5 Å². The van der Waals surface area contributed by atoms with Crippen LogP contribution in [0.3, 0.4) is 0 Å². The fourth-order valence-corrected chi connectivity index (χ4v) is 4.05. The Hall–Kier alpha value is -3.91. The number of aliphatic imine (C=N–C) groups is 1. The van der Waals surface area contributed by atoms with Crippen LogP contribution in [-0.2, 0) is 19.1 Å². The number of benzene rings is 1. The number of nitrogens with zero attached hydrogens (tertiary/aromatic N) is 2. The first-order valence-electron chi connectivity index (χ1n) is 12.1. The van der Waals surface area contributed by atoms with Gasteiger partial charge >= 0.3 is 5.97 Å². The number of carbonyl (C=O) groups is 2. The van der Waals surface area contributed by atoms with Crippen molar-refractivity contribution in [3.05, 3.63) is 95.1 Å². The van der Waals surface area contributed by atoms with Crippen molar-refractivity contribution in [2.24, 2.45) is 4.99 Å². The van der Waals surface area contributed by atoms with Gasteiger partial charge in [-0.1, -0.05) is 49.1 Å². The molecular formula is C29H40N4O4. The van der Waals surface area contributed by atoms with Crippen molar-refractivity contribution < 1.29 is 19.1 Å². The van der Waals surface area contributed by atoms with E-state index in [0.29, 0.717) is 24.6 Å². The number of ether oxygens (including phenoxy) is 2. The van der Waals surface area contributed by atoms with Gasteiger partial charge in [0.1, 0.15) is 18.4 Å². The van der Waals surface area contributed by atoms with Gasteiger partial charge in [-0.05, 0) is 38.5 Å². The lowest BCUT2D eigenvalue weighted by atomic mass is 9.80. The third-order valence-corrected chi connectivity index (χ3v) is 5.60. The third-order valence-electron chi connectivity index (χ3n) is 5.60. The normalized spacial score (nSPS) is 16.1. The van der Waals surface area contributed by atoms with Gasteiger partial charge in [-0.25, -0.2) is 4.79 Å². The van der Waals surface area contributed by atoms with Crippen LogP contribution in [0.15, 0.2) is 94.6 Å². The SMILES string of the molecule is C=C/C=C(\C=C/C)N(C)C1=C(C(=NC)NCCOC)C(c2ccccc2)C(C(=O)OCC)=C(C)N1.C=O. The zero-order chi connectivity index (χ0) is 27.8. The molecule has 1 aromatic carbocycles. The largest absolute Gasteiger partial charge is 0.463 e. The highest BCUT2D eigenvalue weighted by molar-refractivity contribution is 6.05. The van der Waals surface area contributed by atoms with E-state index in [1.54, 1.807) is 20.2 Å². The van der Waals surface area contributed by atoms with Gasteiger partial charge in [0, 0.05) is 44.7 Å². The Morgan fingerprint density at radius 2 is 1.92 bits per heavy atom. The van der Waals surface area contributed by atoms with E-state index in [9.17, 15) is 4.79 Å². The maximum atomic E-state index is 13.3. The van der Waals surface area contributed by atoms with E-state index in [-0.39, 0.29) is 12.6 Å². The number of hydrogen-bond donors (Lipinski definition) is 2. The molecule has 1 aromatic rings. The number of amidine groups is 1. The van der Waals surface area contributed by atoms with E-state index in [4.69, 9.17) is 14.3 Å². The summed E-state index contributed by atoms with van der Waals surface area (Å²) in [5.74, 6) is 0.714. The molecule has 0 aromatic heterocycles. The zero-order valence-electron chi connectivity index (χ0n) is 22.8. The lowest BCUT2D eigenvalue weighted by molar-refractivity contribution is -0.138. The molecule has 8 heteroatoms. The fourth-order valence-electron chi connectivity index (χ4n) is 4.05. The van der Waals surface area contributed by atoms with Gasteiger partial charge in [0.05, 0.1) is 24.7 Å². The molecule has 0 amide bonds. The molecule has 1 heterocycles. The van der Waals surface area contributed by atoms with Crippen molar-refractivity contribution in [1.82, 2.24) is 15.5 Å². The Morgan fingerprint density at radius 1 is 1.24 bits per heavy atom. The first kappa shape index (κ1) is 31.1. The maximum Gasteiger partial charge on any atom is 0.336 e. The molecule has 200 valence electrons. The molecule has 2 rings (SSSR count). The molecule has 0 bridgehead atoms. The summed E-state index contributed by atoms with van der Waals surface area (Å²) in [4.78, 5) is 27.9. The molecule has 1 aliphatic heterocycles. The summed E-state index contributed by atoms with van der Waals surface area (Å²) in [6.07, 6.45) is 7.67. The van der Waals surface area contributed by atoms with E-state index in [1.807, 2.05) is 88.1 Å². The van der Waals surface area contributed by atoms with Crippen LogP contribution in [0, 0.1) is 0 Å². The second kappa shape index (κ2) is 16.7. The Balaban J connectivity index is 0.00000334. The van der Waals surface area contributed by atoms with Crippen molar-refractivity contribution in [2.45, 2.75) is 26.7 Å². The van der Waals surface area contributed by atoms with Crippen molar-refractivity contribution in [1.29, 1.82) is 0 Å². The molecule has 0 fully saturated rings. The van der Waals surface area contributed by atoms with Crippen LogP contribution < -0.4 is 10.6 Å². The predicted octanol–water partition coefficient (Wildman–Crippen LogP) is 4.08. The number of methoxy groups -OCH3 is 1. The summed E-state index contributed by atoms with van der Waals surface area (Å²) in [5, 5.41) is 6.88. The van der Waals surface area contributed by atoms with Crippen LogP contribution in [0.1, 0.15) is 32.3 Å². The average molecular weight is 509 g/mol. The second-order valence-corrected chi connectivity index (χ2v) is 7.87. The first-order chi connectivity index (χ1) is 17.9. The van der Waals surface area contributed by atoms with Gasteiger partial charge in [-0.15, -0.1) is 0 Å². The number of dihydropyridines is 1. The third kappa shape index (κ3) is 8.05. The lowest BCUT2D eigenvalue weighted by Gasteiger charge is -2.37. The molecule has 1 atom stereocenters. The molecular weight excluding hydrogens is 468 g/mol. The van der Waals surface area contributed by atoms with Gasteiger partial charge in [0.15, 0.2) is 0 Å². The standard InChI is InChI=1S/C28H38N4O3.CH2O/c1-8-14-22(15-9-2)32(6)27-25(26(29-5)30-18-19-34-7)24(21-16-12-11-13-17-21)23(20(4)31-27)28(33)35-10-3;1-2/h8-9,11-17,24,31H,1,10,18-19H2,2-7H3,(H,29,30);1H2/b15-9-,22-14+;. The quantitative estimate of drug-likeness (QED) is 0.153. The van der Waals surface area contributed by atoms with Crippen molar-refractivity contribution in [3.8, 4) is 0 Å². The second-order valence-electron chi connectivity index (χ2n) is 7.87. The summed E-state index contributed by atoms with van der Waals surface area (Å²) in [5.41, 5.74) is 4.01. The van der Waals surface area contributed by atoms with Crippen molar-refractivity contribution in [2.75, 3.05) is 41.0 Å². The van der Waals surface area contributed by atoms with Crippen LogP contribution in [0.2, 0.25) is 0 Å². The fraction of sp³-hybridized carbons (Fsp3) is 0.345. The molecule has 0 saturated carbocycles. The van der Waals surface area contributed by atoms with Crippen molar-refractivity contribution in [3.63, 3.8) is 0 Å². The molecule has 8 nitrogen and oxygen atoms in total. The van der Waals surface area contributed by atoms with Crippen LogP contribution in [0.4, 0.5) is 0 Å². The lowest BCUT2D eigenvalue weighted by Crippen LogP contribution is -2.42. The zero-order valence-corrected chi connectivity index (χ0v) is 22.8. The summed E-state index contributed by atoms with van der Waals surface area (Å²) in [7, 11) is 5.38. The molecule has 37 heavy (non-hydrogen) atoms. The average Bonchev–Trinajstić information content (AvgIpc) is 2.92. The first-order valence-corrected chi connectivity index (χ1v) is 12.1. The topological polar surface area (TPSA) is 92.3 Å². The highest BCUT2D eigenvalue weighted by Crippen LogP contribution is 2.40. The summed E-state index contributed by atoms with van der Waals surface area (Å²) >= 11 is 0. The van der Waals surface area contributed by atoms with Gasteiger partial charge in [-0.2, -0.15) is 0 Å². The highest BCUT2D eigenvalue weighted by atomic mass is 16.5. The number of rotatable bonds is 11. The van der Waals surface area contributed by atoms with E-state index in [0.717, 1.165) is 28.4 Å². The number of hydrogen-bond acceptors (Lipinski definition) is 7. The smallest absolute Gasteiger partial charge is 0.336 e. The van der Waals surface area contributed by atoms with E-state index < -0.39 is 5.92 Å². The Morgan fingerprint density at radius 3 is 2.46 bits per heavy atom. The Kier molecular flexibility index (Phi) is 14.1. The minimum atomic E-state index is -0.404. The number of allylic oxidation sites excluding steroid dienone is 5. The summed E-state index contributed by atoms with van der Waals surface area (Å²) in [6, 6.07) is 9.95. The van der Waals surface area contributed by atoms with E-state index in [2.05, 4.69) is 22.2 Å². The highest BCUT2D eigenvalue weighted by Gasteiger charge is 2.38. The maximum absolute atomic E-state index is 13.3. The molecule has 0 spiro atoms. The Labute approximate surface area is 221 Å². The monoisotopic (exact) mass is 508 g/mol. The summed E-state index contributed by atoms with van der Waals surface area (Å²) < 4.78 is 10.7. The minimum Gasteiger partial charge on any atom is -0.463 e. The number of carbonyl (C=O) groups excluding carboxylic acids is 2. The van der Waals surface area contributed by atoms with Gasteiger partial charge in [0.25, 0.3) is 0 Å². The number of nitrogens with one attached hydrogen (secondary N) is 2. The molecule has 2 N–H and O–H groups in total. The molecule has 0 saturated heterocycles. The predicted molar refractivity (Wildman–Crippen MR) is 150 cm³/mol. The van der Waals surface area contributed by atoms with Crippen LogP contribution in [0.5, 0.6) is 0 Å². The van der Waals surface area contributed by atoms with Gasteiger partial charge in [0.2, 0.25) is 0 Å². The Bertz CT molecular complexity index is 1050. The minimum absolute atomic E-state index is 0.289. The molecule has 0 aliphatic carbocycles. The van der Waals surface area contributed by atoms with Gasteiger partial charge in [-0.3, -0.25) is 4.99 Å². The summed E-state index contributed by atoms with van der Waals surface area (Å²) in [6.45, 7) is 12.9. The number of likely N-dealkylation sites (N-methyl/N-ethyl adjacent to an activating group) is 1. The van der Waals surface area contributed by atoms with E-state index in [1.165, 1.54) is 0 Å². The van der Waals surface area contributed by atoms with Crippen LogP contribution >= 0.6 is 0 Å². The van der Waals surface area contributed by atoms with Crippen molar-refractivity contribution >= 4 is 18.6 Å². The number of esters is 1. The van der Waals surface area contributed by atoms with E-state index >= 15 is 0 Å².